The molecule has 7 nitrogen and oxygen atoms in total. The summed E-state index contributed by atoms with van der Waals surface area (Å²) in [5.74, 6) is 0.454. The summed E-state index contributed by atoms with van der Waals surface area (Å²) in [6.07, 6.45) is 2.58. The molecule has 190 valence electrons. The van der Waals surface area contributed by atoms with Gasteiger partial charge in [0, 0.05) is 11.3 Å². The van der Waals surface area contributed by atoms with Crippen molar-refractivity contribution in [3.05, 3.63) is 89.0 Å². The van der Waals surface area contributed by atoms with Crippen LogP contribution in [0, 0.1) is 0 Å². The van der Waals surface area contributed by atoms with Gasteiger partial charge >= 0.3 is 0 Å². The van der Waals surface area contributed by atoms with Gasteiger partial charge in [0.25, 0.3) is 11.7 Å². The van der Waals surface area contributed by atoms with E-state index in [0.717, 1.165) is 30.6 Å². The van der Waals surface area contributed by atoms with Gasteiger partial charge in [0.15, 0.2) is 0 Å². The van der Waals surface area contributed by atoms with E-state index < -0.39 is 17.7 Å². The highest BCUT2D eigenvalue weighted by atomic mass is 16.5. The van der Waals surface area contributed by atoms with Gasteiger partial charge in [0.2, 0.25) is 0 Å². The van der Waals surface area contributed by atoms with E-state index in [1.165, 1.54) is 4.90 Å². The predicted molar refractivity (Wildman–Crippen MR) is 140 cm³/mol. The molecule has 5 rings (SSSR count). The van der Waals surface area contributed by atoms with Crippen LogP contribution in [-0.4, -0.2) is 37.1 Å². The van der Waals surface area contributed by atoms with Gasteiger partial charge in [-0.1, -0.05) is 19.1 Å². The molecule has 1 saturated heterocycles. The number of amides is 1. The Bertz CT molecular complexity index is 1340. The maximum absolute atomic E-state index is 13.4. The van der Waals surface area contributed by atoms with Crippen LogP contribution in [-0.2, 0) is 16.0 Å². The molecule has 3 aromatic carbocycles. The molecule has 1 fully saturated rings. The molecule has 0 spiro atoms. The lowest BCUT2D eigenvalue weighted by atomic mass is 9.94. The highest BCUT2D eigenvalue weighted by Gasteiger charge is 2.47. The molecule has 0 aliphatic carbocycles. The fourth-order valence-electron chi connectivity index (χ4n) is 4.79. The van der Waals surface area contributed by atoms with Gasteiger partial charge in [0.05, 0.1) is 31.9 Å². The molecule has 0 saturated carbocycles. The summed E-state index contributed by atoms with van der Waals surface area (Å²) in [7, 11) is 1.56. The normalized spacial score (nSPS) is 18.3. The van der Waals surface area contributed by atoms with E-state index in [4.69, 9.17) is 14.2 Å². The second-order valence-electron chi connectivity index (χ2n) is 9.06. The smallest absolute Gasteiger partial charge is 0.300 e. The average Bonchev–Trinajstić information content (AvgIpc) is 3.21. The van der Waals surface area contributed by atoms with Crippen LogP contribution in [0.2, 0.25) is 0 Å². The third kappa shape index (κ3) is 4.65. The van der Waals surface area contributed by atoms with Crippen LogP contribution in [0.5, 0.6) is 17.2 Å². The van der Waals surface area contributed by atoms with Crippen LogP contribution in [0.15, 0.2) is 72.3 Å². The van der Waals surface area contributed by atoms with E-state index in [-0.39, 0.29) is 11.3 Å². The number of aliphatic hydroxyl groups excluding tert-OH is 1. The Morgan fingerprint density at radius 3 is 2.46 bits per heavy atom. The Labute approximate surface area is 215 Å². The molecule has 7 heteroatoms. The van der Waals surface area contributed by atoms with Crippen LogP contribution in [0.25, 0.3) is 5.76 Å². The molecule has 1 unspecified atom stereocenters. The average molecular weight is 500 g/mol. The fraction of sp³-hybridized carbons (Fsp3) is 0.267. The number of fused-ring (bicyclic) bond motifs is 1. The molecule has 1 atom stereocenters. The topological polar surface area (TPSA) is 85.3 Å². The molecule has 0 radical (unpaired) electrons. The van der Waals surface area contributed by atoms with E-state index in [1.54, 1.807) is 43.5 Å². The molecular weight excluding hydrogens is 470 g/mol. The van der Waals surface area contributed by atoms with E-state index >= 15 is 0 Å². The summed E-state index contributed by atoms with van der Waals surface area (Å²) in [5, 5.41) is 11.5. The quantitative estimate of drug-likeness (QED) is 0.265. The summed E-state index contributed by atoms with van der Waals surface area (Å²) < 4.78 is 16.7. The molecule has 2 aliphatic heterocycles. The number of aliphatic hydroxyl groups is 1. The number of Topliss-reactive ketones (excluding diaryl/α,β-unsaturated/α-hetero) is 1. The van der Waals surface area contributed by atoms with Crippen LogP contribution in [0.1, 0.15) is 42.5 Å². The van der Waals surface area contributed by atoms with Crippen LogP contribution >= 0.6 is 0 Å². The Hall–Kier alpha value is -4.26. The molecule has 0 aromatic heterocycles. The van der Waals surface area contributed by atoms with Crippen molar-refractivity contribution in [2.75, 3.05) is 25.2 Å². The van der Waals surface area contributed by atoms with Gasteiger partial charge in [-0.3, -0.25) is 14.5 Å². The zero-order chi connectivity index (χ0) is 25.9. The maximum Gasteiger partial charge on any atom is 0.300 e. The van der Waals surface area contributed by atoms with Crippen LogP contribution in [0.3, 0.4) is 0 Å². The van der Waals surface area contributed by atoms with Crippen LogP contribution < -0.4 is 19.1 Å². The summed E-state index contributed by atoms with van der Waals surface area (Å²) in [4.78, 5) is 28.2. The number of rotatable bonds is 7. The second kappa shape index (κ2) is 10.4. The first-order chi connectivity index (χ1) is 18.0. The maximum atomic E-state index is 13.4. The fourth-order valence-corrected chi connectivity index (χ4v) is 4.79. The number of ether oxygens (including phenoxy) is 3. The van der Waals surface area contributed by atoms with E-state index in [9.17, 15) is 14.7 Å². The largest absolute Gasteiger partial charge is 0.507 e. The van der Waals surface area contributed by atoms with Crippen molar-refractivity contribution in [1.82, 2.24) is 0 Å². The van der Waals surface area contributed by atoms with Crippen molar-refractivity contribution >= 4 is 23.1 Å². The summed E-state index contributed by atoms with van der Waals surface area (Å²) in [5.41, 5.74) is 2.69. The SMILES string of the molecule is CCCOc1ccc(C2/C(=C(/O)c3ccc4c(c3)CCCO4)C(=O)C(=O)N2c2ccc(OC)cc2)cc1. The third-order valence-corrected chi connectivity index (χ3v) is 6.65. The Morgan fingerprint density at radius 2 is 1.76 bits per heavy atom. The number of nitrogens with zero attached hydrogens (tertiary/aromatic N) is 1. The highest BCUT2D eigenvalue weighted by Crippen LogP contribution is 2.43. The number of carbonyl (C=O) groups excluding carboxylic acids is 2. The third-order valence-electron chi connectivity index (χ3n) is 6.65. The molecule has 1 N–H and O–H groups in total. The minimum atomic E-state index is -0.819. The molecular formula is C30H29NO6. The van der Waals surface area contributed by atoms with Gasteiger partial charge in [-0.15, -0.1) is 0 Å². The summed E-state index contributed by atoms with van der Waals surface area (Å²) in [6.45, 7) is 3.28. The van der Waals surface area contributed by atoms with Crippen molar-refractivity contribution < 1.29 is 28.9 Å². The minimum Gasteiger partial charge on any atom is -0.507 e. The summed E-state index contributed by atoms with van der Waals surface area (Å²) in [6, 6.07) is 18.7. The minimum absolute atomic E-state index is 0.0414. The lowest BCUT2D eigenvalue weighted by Crippen LogP contribution is -2.29. The second-order valence-corrected chi connectivity index (χ2v) is 9.06. The predicted octanol–water partition coefficient (Wildman–Crippen LogP) is 5.44. The van der Waals surface area contributed by atoms with Crippen molar-refractivity contribution in [3.8, 4) is 17.2 Å². The summed E-state index contributed by atoms with van der Waals surface area (Å²) >= 11 is 0. The van der Waals surface area contributed by atoms with Gasteiger partial charge < -0.3 is 19.3 Å². The Morgan fingerprint density at radius 1 is 1.03 bits per heavy atom. The highest BCUT2D eigenvalue weighted by molar-refractivity contribution is 6.51. The Balaban J connectivity index is 1.63. The monoisotopic (exact) mass is 499 g/mol. The van der Waals surface area contributed by atoms with E-state index in [0.29, 0.717) is 41.5 Å². The molecule has 37 heavy (non-hydrogen) atoms. The van der Waals surface area contributed by atoms with Crippen molar-refractivity contribution in [1.29, 1.82) is 0 Å². The van der Waals surface area contributed by atoms with Gasteiger partial charge in [-0.25, -0.2) is 0 Å². The first-order valence-corrected chi connectivity index (χ1v) is 12.5. The van der Waals surface area contributed by atoms with Gasteiger partial charge in [-0.05, 0) is 85.0 Å². The van der Waals surface area contributed by atoms with Gasteiger partial charge in [-0.2, -0.15) is 0 Å². The van der Waals surface area contributed by atoms with Crippen molar-refractivity contribution in [2.45, 2.75) is 32.2 Å². The number of ketones is 1. The molecule has 2 aliphatic rings. The molecule has 2 heterocycles. The zero-order valence-corrected chi connectivity index (χ0v) is 20.9. The van der Waals surface area contributed by atoms with Crippen molar-refractivity contribution in [2.24, 2.45) is 0 Å². The first-order valence-electron chi connectivity index (χ1n) is 12.5. The molecule has 3 aromatic rings. The van der Waals surface area contributed by atoms with E-state index in [2.05, 4.69) is 0 Å². The van der Waals surface area contributed by atoms with Gasteiger partial charge in [0.1, 0.15) is 23.0 Å². The lowest BCUT2D eigenvalue weighted by molar-refractivity contribution is -0.132. The van der Waals surface area contributed by atoms with Crippen molar-refractivity contribution in [3.63, 3.8) is 0 Å². The Kier molecular flexibility index (Phi) is 6.86. The lowest BCUT2D eigenvalue weighted by Gasteiger charge is -2.26. The number of methoxy groups -OCH3 is 1. The number of hydrogen-bond donors (Lipinski definition) is 1. The number of aryl methyl sites for hydroxylation is 1. The number of hydrogen-bond acceptors (Lipinski definition) is 6. The molecule has 0 bridgehead atoms. The number of carbonyl (C=O) groups is 2. The number of benzene rings is 3. The molecule has 1 amide bonds. The standard InChI is InChI=1S/C30H29NO6/c1-3-16-36-24-11-6-19(7-12-24)27-26(28(32)21-8-15-25-20(18-21)5-4-17-37-25)29(33)30(34)31(27)22-9-13-23(35-2)14-10-22/h6-15,18,27,32H,3-5,16-17H2,1-2H3/b28-26-. The number of anilines is 1. The van der Waals surface area contributed by atoms with E-state index in [1.807, 2.05) is 37.3 Å². The van der Waals surface area contributed by atoms with Crippen LogP contribution in [0.4, 0.5) is 5.69 Å². The first kappa shape index (κ1) is 24.4. The zero-order valence-electron chi connectivity index (χ0n) is 20.9.